The number of aromatic amines is 1. The molecule has 0 unspecified atom stereocenters. The highest BCUT2D eigenvalue weighted by Gasteiger charge is 2.16. The van der Waals surface area contributed by atoms with Crippen LogP contribution in [0.1, 0.15) is 23.6 Å². The SMILES string of the molecule is CCc1ccccc1-n1c(O)c(C=Nc2ccc(C)c([N+](=O)[O-])c2)c(=O)[nH]c1=O. The number of nitro groups is 1. The molecule has 0 aliphatic rings. The first-order chi connectivity index (χ1) is 13.8. The van der Waals surface area contributed by atoms with Crippen LogP contribution >= 0.6 is 0 Å². The van der Waals surface area contributed by atoms with Crippen molar-refractivity contribution in [2.75, 3.05) is 0 Å². The summed E-state index contributed by atoms with van der Waals surface area (Å²) in [6, 6.07) is 11.3. The van der Waals surface area contributed by atoms with Crippen LogP contribution in [0.25, 0.3) is 5.69 Å². The summed E-state index contributed by atoms with van der Waals surface area (Å²) in [5.74, 6) is -0.565. The first-order valence-corrected chi connectivity index (χ1v) is 8.79. The Kier molecular flexibility index (Phi) is 5.40. The van der Waals surface area contributed by atoms with Gasteiger partial charge in [0.25, 0.3) is 11.2 Å². The number of aryl methyl sites for hydroxylation is 2. The number of benzene rings is 2. The van der Waals surface area contributed by atoms with E-state index in [4.69, 9.17) is 0 Å². The lowest BCUT2D eigenvalue weighted by Gasteiger charge is -2.13. The lowest BCUT2D eigenvalue weighted by atomic mass is 10.1. The van der Waals surface area contributed by atoms with Gasteiger partial charge in [-0.05, 0) is 31.0 Å². The predicted molar refractivity (Wildman–Crippen MR) is 109 cm³/mol. The van der Waals surface area contributed by atoms with Gasteiger partial charge in [0.1, 0.15) is 5.56 Å². The molecule has 9 heteroatoms. The Hall–Kier alpha value is -4.01. The number of nitrogens with one attached hydrogen (secondary N) is 1. The van der Waals surface area contributed by atoms with E-state index in [1.807, 2.05) is 19.1 Å². The number of para-hydroxylation sites is 1. The van der Waals surface area contributed by atoms with Gasteiger partial charge >= 0.3 is 5.69 Å². The fourth-order valence-electron chi connectivity index (χ4n) is 2.92. The van der Waals surface area contributed by atoms with Crippen LogP contribution in [0.5, 0.6) is 5.88 Å². The minimum Gasteiger partial charge on any atom is -0.493 e. The Morgan fingerprint density at radius 3 is 2.66 bits per heavy atom. The quantitative estimate of drug-likeness (QED) is 0.390. The lowest BCUT2D eigenvalue weighted by Crippen LogP contribution is -2.31. The Balaban J connectivity index is 2.13. The van der Waals surface area contributed by atoms with E-state index in [0.29, 0.717) is 17.7 Å². The van der Waals surface area contributed by atoms with Crippen LogP contribution in [0, 0.1) is 17.0 Å². The van der Waals surface area contributed by atoms with Crippen LogP contribution in [0.4, 0.5) is 11.4 Å². The highest BCUT2D eigenvalue weighted by molar-refractivity contribution is 5.84. The highest BCUT2D eigenvalue weighted by atomic mass is 16.6. The first-order valence-electron chi connectivity index (χ1n) is 8.79. The molecule has 2 aromatic carbocycles. The van der Waals surface area contributed by atoms with Crippen molar-refractivity contribution in [1.29, 1.82) is 0 Å². The van der Waals surface area contributed by atoms with Gasteiger partial charge in [0.05, 0.1) is 16.3 Å². The van der Waals surface area contributed by atoms with Crippen molar-refractivity contribution >= 4 is 17.6 Å². The molecular formula is C20H18N4O5. The van der Waals surface area contributed by atoms with Crippen molar-refractivity contribution < 1.29 is 10.0 Å². The standard InChI is InChI=1S/C20H18N4O5/c1-3-13-6-4-5-7-16(13)23-19(26)15(18(25)22-20(23)27)11-21-14-9-8-12(2)17(10-14)24(28)29/h4-11,26H,3H2,1-2H3,(H,22,25,27). The molecule has 29 heavy (non-hydrogen) atoms. The van der Waals surface area contributed by atoms with E-state index < -0.39 is 22.1 Å². The summed E-state index contributed by atoms with van der Waals surface area (Å²) in [4.78, 5) is 41.3. The van der Waals surface area contributed by atoms with E-state index in [0.717, 1.165) is 16.3 Å². The molecule has 0 saturated carbocycles. The maximum atomic E-state index is 12.3. The van der Waals surface area contributed by atoms with Gasteiger partial charge in [0, 0.05) is 17.8 Å². The summed E-state index contributed by atoms with van der Waals surface area (Å²) >= 11 is 0. The Bertz CT molecular complexity index is 1240. The minimum atomic E-state index is -0.817. The van der Waals surface area contributed by atoms with Crippen LogP contribution in [0.2, 0.25) is 0 Å². The number of aromatic hydroxyl groups is 1. The van der Waals surface area contributed by atoms with E-state index in [2.05, 4.69) is 9.98 Å². The summed E-state index contributed by atoms with van der Waals surface area (Å²) in [5.41, 5.74) is -0.00600. The summed E-state index contributed by atoms with van der Waals surface area (Å²) in [5, 5.41) is 21.7. The van der Waals surface area contributed by atoms with Crippen LogP contribution < -0.4 is 11.2 Å². The van der Waals surface area contributed by atoms with E-state index in [-0.39, 0.29) is 16.9 Å². The van der Waals surface area contributed by atoms with Gasteiger partial charge in [0.15, 0.2) is 0 Å². The molecular weight excluding hydrogens is 376 g/mol. The van der Waals surface area contributed by atoms with Gasteiger partial charge in [0.2, 0.25) is 5.88 Å². The molecule has 148 valence electrons. The van der Waals surface area contributed by atoms with E-state index >= 15 is 0 Å². The highest BCUT2D eigenvalue weighted by Crippen LogP contribution is 2.25. The Morgan fingerprint density at radius 1 is 1.24 bits per heavy atom. The predicted octanol–water partition coefficient (Wildman–Crippen LogP) is 2.76. The van der Waals surface area contributed by atoms with Gasteiger partial charge in [-0.3, -0.25) is 24.9 Å². The maximum absolute atomic E-state index is 12.3. The lowest BCUT2D eigenvalue weighted by molar-refractivity contribution is -0.385. The number of rotatable bonds is 5. The molecule has 3 rings (SSSR count). The third-order valence-corrected chi connectivity index (χ3v) is 4.47. The number of hydrogen-bond acceptors (Lipinski definition) is 6. The van der Waals surface area contributed by atoms with Crippen molar-refractivity contribution in [2.24, 2.45) is 4.99 Å². The molecule has 0 radical (unpaired) electrons. The third kappa shape index (κ3) is 3.84. The van der Waals surface area contributed by atoms with Gasteiger partial charge < -0.3 is 5.11 Å². The van der Waals surface area contributed by atoms with Crippen molar-refractivity contribution in [3.63, 3.8) is 0 Å². The molecule has 0 fully saturated rings. The average Bonchev–Trinajstić information content (AvgIpc) is 2.68. The number of hydrogen-bond donors (Lipinski definition) is 2. The van der Waals surface area contributed by atoms with E-state index in [1.54, 1.807) is 25.1 Å². The summed E-state index contributed by atoms with van der Waals surface area (Å²) in [6.45, 7) is 3.50. The first kappa shape index (κ1) is 19.7. The zero-order chi connectivity index (χ0) is 21.1. The molecule has 0 amide bonds. The molecule has 1 heterocycles. The largest absolute Gasteiger partial charge is 0.493 e. The number of nitrogens with zero attached hydrogens (tertiary/aromatic N) is 3. The number of aromatic nitrogens is 2. The number of aliphatic imine (C=N–C) groups is 1. The van der Waals surface area contributed by atoms with Crippen molar-refractivity contribution in [3.05, 3.63) is 90.1 Å². The Morgan fingerprint density at radius 2 is 1.97 bits per heavy atom. The fourth-order valence-corrected chi connectivity index (χ4v) is 2.92. The molecule has 0 aliphatic heterocycles. The normalized spacial score (nSPS) is 11.1. The van der Waals surface area contributed by atoms with Gasteiger partial charge in [-0.25, -0.2) is 9.36 Å². The van der Waals surface area contributed by atoms with E-state index in [1.165, 1.54) is 12.1 Å². The molecule has 2 N–H and O–H groups in total. The third-order valence-electron chi connectivity index (χ3n) is 4.47. The van der Waals surface area contributed by atoms with Crippen LogP contribution in [0.15, 0.2) is 57.0 Å². The maximum Gasteiger partial charge on any atom is 0.335 e. The number of nitro benzene ring substituents is 1. The van der Waals surface area contributed by atoms with Crippen LogP contribution in [-0.2, 0) is 6.42 Å². The zero-order valence-corrected chi connectivity index (χ0v) is 15.7. The summed E-state index contributed by atoms with van der Waals surface area (Å²) < 4.78 is 0.999. The second-order valence-electron chi connectivity index (χ2n) is 6.30. The average molecular weight is 394 g/mol. The smallest absolute Gasteiger partial charge is 0.335 e. The molecule has 0 saturated heterocycles. The molecule has 0 bridgehead atoms. The van der Waals surface area contributed by atoms with E-state index in [9.17, 15) is 24.8 Å². The molecule has 0 spiro atoms. The van der Waals surface area contributed by atoms with Crippen molar-refractivity contribution in [2.45, 2.75) is 20.3 Å². The fraction of sp³-hybridized carbons (Fsp3) is 0.150. The second-order valence-corrected chi connectivity index (χ2v) is 6.30. The molecule has 3 aromatic rings. The summed E-state index contributed by atoms with van der Waals surface area (Å²) in [7, 11) is 0. The topological polar surface area (TPSA) is 131 Å². The number of H-pyrrole nitrogens is 1. The molecule has 9 nitrogen and oxygen atoms in total. The minimum absolute atomic E-state index is 0.111. The van der Waals surface area contributed by atoms with Gasteiger partial charge in [-0.15, -0.1) is 0 Å². The van der Waals surface area contributed by atoms with Crippen molar-refractivity contribution in [1.82, 2.24) is 9.55 Å². The zero-order valence-electron chi connectivity index (χ0n) is 15.7. The van der Waals surface area contributed by atoms with Gasteiger partial charge in [-0.2, -0.15) is 0 Å². The van der Waals surface area contributed by atoms with Crippen molar-refractivity contribution in [3.8, 4) is 11.6 Å². The molecule has 0 atom stereocenters. The monoisotopic (exact) mass is 394 g/mol. The summed E-state index contributed by atoms with van der Waals surface area (Å²) in [6.07, 6.45) is 1.69. The van der Waals surface area contributed by atoms with Crippen LogP contribution in [-0.4, -0.2) is 25.8 Å². The van der Waals surface area contributed by atoms with Gasteiger partial charge in [-0.1, -0.05) is 31.2 Å². The second kappa shape index (κ2) is 7.93. The van der Waals surface area contributed by atoms with Crippen LogP contribution in [0.3, 0.4) is 0 Å². The molecule has 0 aliphatic carbocycles. The molecule has 1 aromatic heterocycles. The Labute approximate surface area is 164 Å².